The molecular weight excluding hydrogens is 622 g/mol. The Kier molecular flexibility index (Phi) is 11.8. The highest BCUT2D eigenvalue weighted by Crippen LogP contribution is 2.24. The van der Waals surface area contributed by atoms with Crippen LogP contribution in [0, 0.1) is 0 Å². The summed E-state index contributed by atoms with van der Waals surface area (Å²) in [5.74, 6) is -2.46. The SMILES string of the molecule is CCOC(=O)ON1CCN(C(=O)[C@H](CCC(=O)OC(C)(C)C)NC(=O)c2cc(-c3ccc(C(=O)O)cc3)nc(-c3ccccc3)n2)CC1. The zero-order valence-corrected chi connectivity index (χ0v) is 27.3. The highest BCUT2D eigenvalue weighted by molar-refractivity contribution is 5.97. The van der Waals surface area contributed by atoms with Crippen molar-refractivity contribution in [3.63, 3.8) is 0 Å². The topological polar surface area (TPSA) is 178 Å². The van der Waals surface area contributed by atoms with E-state index < -0.39 is 41.6 Å². The molecule has 1 aliphatic rings. The maximum atomic E-state index is 13.8. The van der Waals surface area contributed by atoms with Crippen LogP contribution in [0.1, 0.15) is 61.4 Å². The number of esters is 1. The number of carboxylic acids is 1. The maximum absolute atomic E-state index is 13.8. The van der Waals surface area contributed by atoms with Crippen LogP contribution in [0.2, 0.25) is 0 Å². The monoisotopic (exact) mass is 661 g/mol. The quantitative estimate of drug-likeness (QED) is 0.283. The zero-order valence-electron chi connectivity index (χ0n) is 27.3. The number of carbonyl (C=O) groups excluding carboxylic acids is 4. The van der Waals surface area contributed by atoms with Crippen LogP contribution in [-0.4, -0.2) is 99.4 Å². The van der Waals surface area contributed by atoms with E-state index in [1.807, 2.05) is 6.07 Å². The number of benzene rings is 2. The van der Waals surface area contributed by atoms with E-state index in [9.17, 15) is 29.1 Å². The van der Waals surface area contributed by atoms with Crippen LogP contribution < -0.4 is 5.32 Å². The van der Waals surface area contributed by atoms with Gasteiger partial charge in [0, 0.05) is 30.6 Å². The lowest BCUT2D eigenvalue weighted by Crippen LogP contribution is -2.55. The molecule has 48 heavy (non-hydrogen) atoms. The molecule has 3 aromatic rings. The maximum Gasteiger partial charge on any atom is 0.527 e. The van der Waals surface area contributed by atoms with Crippen molar-refractivity contribution in [2.75, 3.05) is 32.8 Å². The summed E-state index contributed by atoms with van der Waals surface area (Å²) in [4.78, 5) is 79.1. The standard InChI is InChI=1S/C34H39N5O9/c1-5-46-33(45)48-39-19-17-38(18-20-39)31(42)25(15-16-28(40)47-34(2,3)4)37-30(41)27-21-26(22-11-13-24(14-12-22)32(43)44)35-29(36-27)23-9-7-6-8-10-23/h6-14,21,25H,5,15-20H2,1-4H3,(H,37,41)(H,43,44)/t25-/m0/s1. The van der Waals surface area contributed by atoms with Gasteiger partial charge in [-0.1, -0.05) is 42.5 Å². The average Bonchev–Trinajstić information content (AvgIpc) is 3.06. The predicted octanol–water partition coefficient (Wildman–Crippen LogP) is 3.96. The van der Waals surface area contributed by atoms with Gasteiger partial charge in [-0.15, -0.1) is 5.06 Å². The normalized spacial score (nSPS) is 14.0. The summed E-state index contributed by atoms with van der Waals surface area (Å²) < 4.78 is 10.2. The Morgan fingerprint density at radius 2 is 1.58 bits per heavy atom. The number of aromatic carboxylic acids is 1. The van der Waals surface area contributed by atoms with Gasteiger partial charge in [0.15, 0.2) is 5.82 Å². The fraction of sp³-hybridized carbons (Fsp3) is 0.382. The number of piperazine rings is 1. The third-order valence-electron chi connectivity index (χ3n) is 7.10. The van der Waals surface area contributed by atoms with E-state index in [2.05, 4.69) is 15.3 Å². The van der Waals surface area contributed by atoms with Crippen LogP contribution in [0.4, 0.5) is 4.79 Å². The van der Waals surface area contributed by atoms with Gasteiger partial charge < -0.3 is 29.6 Å². The van der Waals surface area contributed by atoms with Gasteiger partial charge >= 0.3 is 18.1 Å². The minimum Gasteiger partial charge on any atom is -0.478 e. The number of ether oxygens (including phenoxy) is 2. The fourth-order valence-corrected chi connectivity index (χ4v) is 4.83. The first-order valence-corrected chi connectivity index (χ1v) is 15.5. The average molecular weight is 662 g/mol. The number of amides is 2. The second kappa shape index (κ2) is 16.0. The zero-order chi connectivity index (χ0) is 34.8. The third kappa shape index (κ3) is 10.1. The molecule has 14 heteroatoms. The minimum atomic E-state index is -1.11. The number of nitrogens with one attached hydrogen (secondary N) is 1. The lowest BCUT2D eigenvalue weighted by Gasteiger charge is -2.35. The Hall–Kier alpha value is -5.37. The molecule has 2 amide bonds. The molecule has 0 aliphatic carbocycles. The number of nitrogens with zero attached hydrogens (tertiary/aromatic N) is 4. The highest BCUT2D eigenvalue weighted by atomic mass is 16.8. The summed E-state index contributed by atoms with van der Waals surface area (Å²) in [6.07, 6.45) is -1.02. The fourth-order valence-electron chi connectivity index (χ4n) is 4.83. The van der Waals surface area contributed by atoms with Crippen LogP contribution in [0.3, 0.4) is 0 Å². The van der Waals surface area contributed by atoms with Crippen LogP contribution in [0.5, 0.6) is 0 Å². The van der Waals surface area contributed by atoms with E-state index in [1.165, 1.54) is 28.2 Å². The van der Waals surface area contributed by atoms with Crippen LogP contribution in [-0.2, 0) is 23.9 Å². The summed E-state index contributed by atoms with van der Waals surface area (Å²) >= 11 is 0. The highest BCUT2D eigenvalue weighted by Gasteiger charge is 2.32. The molecule has 0 bridgehead atoms. The molecule has 1 saturated heterocycles. The number of rotatable bonds is 11. The molecule has 1 aromatic heterocycles. The third-order valence-corrected chi connectivity index (χ3v) is 7.10. The molecule has 14 nitrogen and oxygen atoms in total. The number of carboxylic acid groups (broad SMARTS) is 1. The van der Waals surface area contributed by atoms with E-state index in [0.717, 1.165) is 0 Å². The van der Waals surface area contributed by atoms with E-state index in [-0.39, 0.29) is 62.7 Å². The van der Waals surface area contributed by atoms with Crippen molar-refractivity contribution >= 4 is 29.9 Å². The Balaban J connectivity index is 1.59. The van der Waals surface area contributed by atoms with Gasteiger partial charge in [-0.3, -0.25) is 14.4 Å². The predicted molar refractivity (Wildman–Crippen MR) is 172 cm³/mol. The molecule has 2 N–H and O–H groups in total. The van der Waals surface area contributed by atoms with Gasteiger partial charge in [-0.25, -0.2) is 19.6 Å². The molecule has 4 rings (SSSR count). The first-order valence-electron chi connectivity index (χ1n) is 15.5. The van der Waals surface area contributed by atoms with Crippen molar-refractivity contribution in [3.8, 4) is 22.6 Å². The van der Waals surface area contributed by atoms with E-state index in [1.54, 1.807) is 64.1 Å². The van der Waals surface area contributed by atoms with Crippen molar-refractivity contribution in [2.45, 2.75) is 52.2 Å². The number of hydroxylamine groups is 2. The molecule has 0 unspecified atom stereocenters. The summed E-state index contributed by atoms with van der Waals surface area (Å²) in [5.41, 5.74) is 0.867. The van der Waals surface area contributed by atoms with Crippen LogP contribution >= 0.6 is 0 Å². The largest absolute Gasteiger partial charge is 0.527 e. The lowest BCUT2D eigenvalue weighted by atomic mass is 10.1. The molecule has 0 radical (unpaired) electrons. The lowest BCUT2D eigenvalue weighted by molar-refractivity contribution is -0.158. The Morgan fingerprint density at radius 3 is 2.19 bits per heavy atom. The van der Waals surface area contributed by atoms with Crippen molar-refractivity contribution in [1.82, 2.24) is 25.2 Å². The van der Waals surface area contributed by atoms with E-state index >= 15 is 0 Å². The molecule has 254 valence electrons. The molecule has 1 atom stereocenters. The molecule has 0 saturated carbocycles. The van der Waals surface area contributed by atoms with Crippen LogP contribution in [0.15, 0.2) is 60.7 Å². The molecule has 0 spiro atoms. The minimum absolute atomic E-state index is 0.0381. The van der Waals surface area contributed by atoms with Gasteiger partial charge in [0.05, 0.1) is 31.0 Å². The molecule has 1 aliphatic heterocycles. The summed E-state index contributed by atoms with van der Waals surface area (Å²) in [6.45, 7) is 7.85. The first-order chi connectivity index (χ1) is 22.8. The molecule has 2 aromatic carbocycles. The number of hydrogen-bond donors (Lipinski definition) is 2. The van der Waals surface area contributed by atoms with Crippen molar-refractivity contribution < 1.29 is 43.4 Å². The number of carbonyl (C=O) groups is 5. The van der Waals surface area contributed by atoms with Gasteiger partial charge in [-0.2, -0.15) is 0 Å². The number of hydrogen-bond acceptors (Lipinski definition) is 11. The van der Waals surface area contributed by atoms with Crippen molar-refractivity contribution in [3.05, 3.63) is 71.9 Å². The smallest absolute Gasteiger partial charge is 0.478 e. The van der Waals surface area contributed by atoms with Crippen molar-refractivity contribution in [1.29, 1.82) is 0 Å². The Bertz CT molecular complexity index is 1620. The second-order valence-electron chi connectivity index (χ2n) is 11.9. The van der Waals surface area contributed by atoms with Gasteiger partial charge in [0.25, 0.3) is 5.91 Å². The molecule has 1 fully saturated rings. The summed E-state index contributed by atoms with van der Waals surface area (Å²) in [6, 6.07) is 15.4. The van der Waals surface area contributed by atoms with Gasteiger partial charge in [0.1, 0.15) is 17.3 Å². The Morgan fingerprint density at radius 1 is 0.917 bits per heavy atom. The molecule has 2 heterocycles. The van der Waals surface area contributed by atoms with E-state index in [4.69, 9.17) is 14.3 Å². The van der Waals surface area contributed by atoms with E-state index in [0.29, 0.717) is 16.8 Å². The number of aromatic nitrogens is 2. The Labute approximate surface area is 278 Å². The summed E-state index contributed by atoms with van der Waals surface area (Å²) in [5, 5.41) is 13.5. The van der Waals surface area contributed by atoms with Crippen LogP contribution in [0.25, 0.3) is 22.6 Å². The van der Waals surface area contributed by atoms with Gasteiger partial charge in [-0.05, 0) is 52.3 Å². The first kappa shape index (κ1) is 35.5. The molecular formula is C34H39N5O9. The van der Waals surface area contributed by atoms with Crippen molar-refractivity contribution in [2.24, 2.45) is 0 Å². The second-order valence-corrected chi connectivity index (χ2v) is 11.9. The summed E-state index contributed by atoms with van der Waals surface area (Å²) in [7, 11) is 0. The van der Waals surface area contributed by atoms with Gasteiger partial charge in [0.2, 0.25) is 5.91 Å².